The summed E-state index contributed by atoms with van der Waals surface area (Å²) in [7, 11) is 2.29. The first-order valence-electron chi connectivity index (χ1n) is 13.5. The monoisotopic (exact) mass is 455 g/mol. The van der Waals surface area contributed by atoms with Gasteiger partial charge < -0.3 is 0 Å². The van der Waals surface area contributed by atoms with Crippen molar-refractivity contribution in [3.63, 3.8) is 0 Å². The van der Waals surface area contributed by atoms with E-state index in [1.54, 1.807) is 0 Å². The molecule has 1 nitrogen and oxygen atoms in total. The van der Waals surface area contributed by atoms with Crippen LogP contribution in [0.25, 0.3) is 0 Å². The molecule has 190 valence electrons. The number of hydrogen-bond acceptors (Lipinski definition) is 1. The maximum Gasteiger partial charge on any atom is 0.0316 e. The Balaban J connectivity index is 0. The summed E-state index contributed by atoms with van der Waals surface area (Å²) < 4.78 is 0. The molecule has 1 saturated carbocycles. The van der Waals surface area contributed by atoms with Crippen LogP contribution in [0.1, 0.15) is 112 Å². The Bertz CT molecular complexity index is 615. The molecule has 1 heteroatoms. The number of hydrogen-bond donors (Lipinski definition) is 0. The third kappa shape index (κ3) is 13.0. The molecular formula is C32H57N. The van der Waals surface area contributed by atoms with Crippen molar-refractivity contribution in [3.8, 4) is 0 Å². The van der Waals surface area contributed by atoms with Crippen LogP contribution in [0, 0.1) is 11.8 Å². The van der Waals surface area contributed by atoms with Crippen molar-refractivity contribution in [2.24, 2.45) is 11.8 Å². The molecule has 33 heavy (non-hydrogen) atoms. The van der Waals surface area contributed by atoms with Crippen molar-refractivity contribution in [2.75, 3.05) is 13.6 Å². The first-order chi connectivity index (χ1) is 15.7. The predicted molar refractivity (Wildman–Crippen MR) is 153 cm³/mol. The summed E-state index contributed by atoms with van der Waals surface area (Å²) in [6, 6.07) is 22.5. The van der Waals surface area contributed by atoms with E-state index in [2.05, 4.69) is 79.5 Å². The highest BCUT2D eigenvalue weighted by Crippen LogP contribution is 2.34. The van der Waals surface area contributed by atoms with Gasteiger partial charge in [0, 0.05) is 6.04 Å². The molecule has 1 aliphatic rings. The van der Waals surface area contributed by atoms with E-state index in [1.807, 2.05) is 41.5 Å². The molecule has 0 spiro atoms. The minimum Gasteiger partial charge on any atom is -0.300 e. The van der Waals surface area contributed by atoms with Gasteiger partial charge in [-0.15, -0.1) is 0 Å². The Kier molecular flexibility index (Phi) is 22.6. The summed E-state index contributed by atoms with van der Waals surface area (Å²) in [6.45, 7) is 15.5. The van der Waals surface area contributed by atoms with Gasteiger partial charge in [-0.25, -0.2) is 0 Å². The zero-order chi connectivity index (χ0) is 24.2. The first kappa shape index (κ1) is 33.6. The molecule has 0 N–H and O–H groups in total. The number of rotatable bonds is 8. The van der Waals surface area contributed by atoms with Crippen molar-refractivity contribution in [3.05, 3.63) is 71.8 Å². The molecule has 2 atom stereocenters. The molecule has 0 aliphatic heterocycles. The number of benzene rings is 2. The quantitative estimate of drug-likeness (QED) is 0.382. The molecule has 2 aromatic rings. The summed E-state index contributed by atoms with van der Waals surface area (Å²) in [6.07, 6.45) is 9.76. The normalized spacial score (nSPS) is 14.7. The van der Waals surface area contributed by atoms with Gasteiger partial charge in [0.15, 0.2) is 0 Å². The standard InChI is InChI=1S/C25H35N.3C2H6.CH4/c1-21(23-14-8-4-9-15-23)26(2)19-18-25(24-16-10-5-11-17-24)20-22-12-6-3-7-13-22;3*1-2;/h3-4,6-9,12-15,21,24-25H,5,10-11,16-20H2,1-2H3;3*1-2H3;1H4. The van der Waals surface area contributed by atoms with Gasteiger partial charge in [0.1, 0.15) is 0 Å². The Labute approximate surface area is 209 Å². The molecule has 2 aromatic carbocycles. The third-order valence-corrected chi connectivity index (χ3v) is 6.45. The summed E-state index contributed by atoms with van der Waals surface area (Å²) in [5.41, 5.74) is 2.94. The van der Waals surface area contributed by atoms with Crippen LogP contribution in [0.2, 0.25) is 0 Å². The minimum atomic E-state index is 0. The maximum absolute atomic E-state index is 2.54. The van der Waals surface area contributed by atoms with Crippen LogP contribution < -0.4 is 0 Å². The highest BCUT2D eigenvalue weighted by atomic mass is 15.1. The van der Waals surface area contributed by atoms with Gasteiger partial charge in [0.05, 0.1) is 0 Å². The molecule has 0 amide bonds. The topological polar surface area (TPSA) is 3.24 Å². The lowest BCUT2D eigenvalue weighted by molar-refractivity contribution is 0.188. The van der Waals surface area contributed by atoms with Crippen LogP contribution in [-0.2, 0) is 6.42 Å². The molecule has 1 aliphatic carbocycles. The van der Waals surface area contributed by atoms with E-state index >= 15 is 0 Å². The molecule has 1 fully saturated rings. The Morgan fingerprint density at radius 1 is 0.758 bits per heavy atom. The van der Waals surface area contributed by atoms with Crippen LogP contribution in [-0.4, -0.2) is 18.5 Å². The first-order valence-corrected chi connectivity index (χ1v) is 13.5. The SMILES string of the molecule is C.CC.CC.CC.CC(c1ccccc1)N(C)CCC(Cc1ccccc1)C1CCCCC1. The fraction of sp³-hybridized carbons (Fsp3) is 0.625. The zero-order valence-electron chi connectivity index (χ0n) is 22.6. The van der Waals surface area contributed by atoms with Crippen molar-refractivity contribution in [1.29, 1.82) is 0 Å². The fourth-order valence-corrected chi connectivity index (χ4v) is 4.58. The molecule has 0 radical (unpaired) electrons. The van der Waals surface area contributed by atoms with Gasteiger partial charge in [0.2, 0.25) is 0 Å². The number of nitrogens with zero attached hydrogens (tertiary/aromatic N) is 1. The molecule has 2 unspecified atom stereocenters. The summed E-state index contributed by atoms with van der Waals surface area (Å²) >= 11 is 0. The van der Waals surface area contributed by atoms with Crippen molar-refractivity contribution < 1.29 is 0 Å². The highest BCUT2D eigenvalue weighted by Gasteiger charge is 2.24. The molecule has 0 bridgehead atoms. The van der Waals surface area contributed by atoms with Crippen molar-refractivity contribution in [1.82, 2.24) is 4.90 Å². The minimum absolute atomic E-state index is 0. The molecular weight excluding hydrogens is 398 g/mol. The molecule has 0 heterocycles. The van der Waals surface area contributed by atoms with Gasteiger partial charge in [0.25, 0.3) is 0 Å². The van der Waals surface area contributed by atoms with Gasteiger partial charge >= 0.3 is 0 Å². The lowest BCUT2D eigenvalue weighted by Crippen LogP contribution is -2.28. The van der Waals surface area contributed by atoms with E-state index in [0.717, 1.165) is 11.8 Å². The van der Waals surface area contributed by atoms with E-state index in [1.165, 1.54) is 62.6 Å². The van der Waals surface area contributed by atoms with Crippen LogP contribution in [0.5, 0.6) is 0 Å². The lowest BCUT2D eigenvalue weighted by atomic mass is 9.76. The van der Waals surface area contributed by atoms with E-state index in [9.17, 15) is 0 Å². The van der Waals surface area contributed by atoms with Crippen LogP contribution in [0.4, 0.5) is 0 Å². The second-order valence-electron chi connectivity index (χ2n) is 8.20. The largest absolute Gasteiger partial charge is 0.300 e. The highest BCUT2D eigenvalue weighted by molar-refractivity contribution is 5.18. The average molecular weight is 456 g/mol. The van der Waals surface area contributed by atoms with E-state index in [4.69, 9.17) is 0 Å². The molecule has 0 saturated heterocycles. The zero-order valence-corrected chi connectivity index (χ0v) is 22.6. The van der Waals surface area contributed by atoms with Crippen molar-refractivity contribution >= 4 is 0 Å². The van der Waals surface area contributed by atoms with Crippen LogP contribution >= 0.6 is 0 Å². The molecule has 3 rings (SSSR count). The second-order valence-corrected chi connectivity index (χ2v) is 8.20. The Morgan fingerprint density at radius 2 is 1.24 bits per heavy atom. The van der Waals surface area contributed by atoms with E-state index < -0.39 is 0 Å². The Hall–Kier alpha value is -1.60. The van der Waals surface area contributed by atoms with E-state index in [-0.39, 0.29) is 7.43 Å². The summed E-state index contributed by atoms with van der Waals surface area (Å²) in [4.78, 5) is 2.54. The van der Waals surface area contributed by atoms with Gasteiger partial charge in [-0.2, -0.15) is 0 Å². The van der Waals surface area contributed by atoms with Crippen LogP contribution in [0.15, 0.2) is 60.7 Å². The van der Waals surface area contributed by atoms with Crippen molar-refractivity contribution in [2.45, 2.75) is 107 Å². The average Bonchev–Trinajstić information content (AvgIpc) is 2.91. The van der Waals surface area contributed by atoms with Gasteiger partial charge in [-0.3, -0.25) is 4.90 Å². The fourth-order valence-electron chi connectivity index (χ4n) is 4.58. The summed E-state index contributed by atoms with van der Waals surface area (Å²) in [5.74, 6) is 1.74. The third-order valence-electron chi connectivity index (χ3n) is 6.45. The van der Waals surface area contributed by atoms with Gasteiger partial charge in [-0.05, 0) is 56.3 Å². The van der Waals surface area contributed by atoms with Gasteiger partial charge in [-0.1, -0.05) is 142 Å². The summed E-state index contributed by atoms with van der Waals surface area (Å²) in [5, 5.41) is 0. The second kappa shape index (κ2) is 22.2. The van der Waals surface area contributed by atoms with Crippen LogP contribution in [0.3, 0.4) is 0 Å². The lowest BCUT2D eigenvalue weighted by Gasteiger charge is -2.33. The Morgan fingerprint density at radius 3 is 1.76 bits per heavy atom. The molecule has 0 aromatic heterocycles. The predicted octanol–water partition coefficient (Wildman–Crippen LogP) is 10.2. The van der Waals surface area contributed by atoms with E-state index in [0.29, 0.717) is 6.04 Å². The smallest absolute Gasteiger partial charge is 0.0316 e. The maximum atomic E-state index is 2.54.